The highest BCUT2D eigenvalue weighted by molar-refractivity contribution is 7.89. The van der Waals surface area contributed by atoms with Crippen molar-refractivity contribution in [2.24, 2.45) is 0 Å². The van der Waals surface area contributed by atoms with Crippen molar-refractivity contribution < 1.29 is 13.2 Å². The van der Waals surface area contributed by atoms with Gasteiger partial charge >= 0.3 is 0 Å². The number of anilines is 1. The van der Waals surface area contributed by atoms with Crippen molar-refractivity contribution in [2.75, 3.05) is 11.6 Å². The maximum absolute atomic E-state index is 12.3. The molecule has 3 aromatic rings. The van der Waals surface area contributed by atoms with Crippen molar-refractivity contribution in [3.8, 4) is 11.3 Å². The van der Waals surface area contributed by atoms with E-state index in [1.807, 2.05) is 17.5 Å². The summed E-state index contributed by atoms with van der Waals surface area (Å²) in [6.07, 6.45) is 1.17. The molecule has 1 aromatic heterocycles. The van der Waals surface area contributed by atoms with E-state index in [0.717, 1.165) is 11.3 Å². The molecular formula is C18H15ClN2O3S2. The Hall–Kier alpha value is -2.22. The molecule has 1 N–H and O–H groups in total. The van der Waals surface area contributed by atoms with E-state index in [9.17, 15) is 13.2 Å². The lowest BCUT2D eigenvalue weighted by Crippen LogP contribution is -2.11. The monoisotopic (exact) mass is 406 g/mol. The first-order valence-electron chi connectivity index (χ1n) is 7.60. The molecule has 0 aliphatic carbocycles. The molecule has 0 fully saturated rings. The molecule has 0 aliphatic rings. The number of hydrogen-bond donors (Lipinski definition) is 1. The molecule has 0 aliphatic heterocycles. The van der Waals surface area contributed by atoms with Crippen LogP contribution in [0.15, 0.2) is 53.9 Å². The molecule has 0 saturated carbocycles. The van der Waals surface area contributed by atoms with Gasteiger partial charge in [-0.3, -0.25) is 10.1 Å². The molecule has 0 radical (unpaired) electrons. The van der Waals surface area contributed by atoms with E-state index in [2.05, 4.69) is 10.3 Å². The fourth-order valence-corrected chi connectivity index (χ4v) is 3.95. The minimum atomic E-state index is -3.10. The number of carbonyl (C=O) groups is 1. The summed E-state index contributed by atoms with van der Waals surface area (Å²) >= 11 is 7.21. The van der Waals surface area contributed by atoms with E-state index in [0.29, 0.717) is 21.3 Å². The standard InChI is InChI=1S/C18H15ClN2O3S2/c1-26(23,24)11-12-2-4-14(5-3-12)17(22)21-18-20-16(10-25-18)13-6-8-15(19)9-7-13/h2-10H,11H2,1H3,(H,20,21,22). The fourth-order valence-electron chi connectivity index (χ4n) is 2.31. The number of aromatic nitrogens is 1. The number of thiazole rings is 1. The highest BCUT2D eigenvalue weighted by Gasteiger charge is 2.11. The molecule has 1 amide bonds. The summed E-state index contributed by atoms with van der Waals surface area (Å²) in [5, 5.41) is 5.74. The van der Waals surface area contributed by atoms with Crippen LogP contribution in [0.5, 0.6) is 0 Å². The van der Waals surface area contributed by atoms with Crippen LogP contribution < -0.4 is 5.32 Å². The number of amides is 1. The Labute approximate surface area is 160 Å². The van der Waals surface area contributed by atoms with E-state index >= 15 is 0 Å². The minimum Gasteiger partial charge on any atom is -0.298 e. The van der Waals surface area contributed by atoms with Crippen LogP contribution in [0.4, 0.5) is 5.13 Å². The van der Waals surface area contributed by atoms with Crippen LogP contribution in [0.25, 0.3) is 11.3 Å². The van der Waals surface area contributed by atoms with Gasteiger partial charge in [0.1, 0.15) is 0 Å². The second-order valence-corrected chi connectivity index (χ2v) is 9.20. The Balaban J connectivity index is 1.69. The Morgan fingerprint density at radius 2 is 1.77 bits per heavy atom. The van der Waals surface area contributed by atoms with Crippen LogP contribution in [0.1, 0.15) is 15.9 Å². The SMILES string of the molecule is CS(=O)(=O)Cc1ccc(C(=O)Nc2nc(-c3ccc(Cl)cc3)cs2)cc1. The van der Waals surface area contributed by atoms with Gasteiger partial charge in [-0.2, -0.15) is 0 Å². The van der Waals surface area contributed by atoms with Gasteiger partial charge in [-0.15, -0.1) is 11.3 Å². The minimum absolute atomic E-state index is 0.0498. The number of carbonyl (C=O) groups excluding carboxylic acids is 1. The molecule has 0 bridgehead atoms. The van der Waals surface area contributed by atoms with Gasteiger partial charge in [-0.05, 0) is 29.8 Å². The number of rotatable bonds is 5. The number of benzene rings is 2. The topological polar surface area (TPSA) is 76.1 Å². The number of sulfone groups is 1. The highest BCUT2D eigenvalue weighted by atomic mass is 35.5. The first kappa shape index (κ1) is 18.6. The average Bonchev–Trinajstić information content (AvgIpc) is 3.03. The van der Waals surface area contributed by atoms with Crippen LogP contribution in [0.2, 0.25) is 5.02 Å². The quantitative estimate of drug-likeness (QED) is 0.686. The Morgan fingerprint density at radius 3 is 2.38 bits per heavy atom. The second kappa shape index (κ2) is 7.57. The lowest BCUT2D eigenvalue weighted by molar-refractivity contribution is 0.102. The first-order chi connectivity index (χ1) is 12.3. The smallest absolute Gasteiger partial charge is 0.257 e. The zero-order chi connectivity index (χ0) is 18.7. The van der Waals surface area contributed by atoms with Gasteiger partial charge in [0.2, 0.25) is 0 Å². The molecule has 8 heteroatoms. The zero-order valence-corrected chi connectivity index (χ0v) is 16.2. The molecule has 2 aromatic carbocycles. The molecule has 134 valence electrons. The Kier molecular flexibility index (Phi) is 5.41. The van der Waals surface area contributed by atoms with E-state index in [4.69, 9.17) is 11.6 Å². The maximum atomic E-state index is 12.3. The predicted molar refractivity (Wildman–Crippen MR) is 106 cm³/mol. The Morgan fingerprint density at radius 1 is 1.12 bits per heavy atom. The molecule has 1 heterocycles. The van der Waals surface area contributed by atoms with E-state index in [1.54, 1.807) is 36.4 Å². The molecule has 0 unspecified atom stereocenters. The number of nitrogens with zero attached hydrogens (tertiary/aromatic N) is 1. The van der Waals surface area contributed by atoms with Gasteiger partial charge < -0.3 is 0 Å². The third kappa shape index (κ3) is 4.91. The van der Waals surface area contributed by atoms with Crippen molar-refractivity contribution in [1.82, 2.24) is 4.98 Å². The van der Waals surface area contributed by atoms with Crippen molar-refractivity contribution in [3.63, 3.8) is 0 Å². The summed E-state index contributed by atoms with van der Waals surface area (Å²) < 4.78 is 22.6. The summed E-state index contributed by atoms with van der Waals surface area (Å²) in [4.78, 5) is 16.7. The lowest BCUT2D eigenvalue weighted by atomic mass is 10.1. The molecule has 0 saturated heterocycles. The van der Waals surface area contributed by atoms with Crippen LogP contribution in [0.3, 0.4) is 0 Å². The maximum Gasteiger partial charge on any atom is 0.257 e. The van der Waals surface area contributed by atoms with E-state index in [1.165, 1.54) is 17.6 Å². The molecule has 5 nitrogen and oxygen atoms in total. The summed E-state index contributed by atoms with van der Waals surface area (Å²) in [6.45, 7) is 0. The number of hydrogen-bond acceptors (Lipinski definition) is 5. The molecule has 3 rings (SSSR count). The van der Waals surface area contributed by atoms with Crippen molar-refractivity contribution in [1.29, 1.82) is 0 Å². The second-order valence-electron chi connectivity index (χ2n) is 5.77. The van der Waals surface area contributed by atoms with Gasteiger partial charge in [-0.25, -0.2) is 13.4 Å². The number of halogens is 1. The molecule has 0 spiro atoms. The third-order valence-electron chi connectivity index (χ3n) is 3.51. The summed E-state index contributed by atoms with van der Waals surface area (Å²) in [6, 6.07) is 13.8. The third-order valence-corrected chi connectivity index (χ3v) is 5.38. The van der Waals surface area contributed by atoms with Crippen LogP contribution in [-0.2, 0) is 15.6 Å². The van der Waals surface area contributed by atoms with Crippen molar-refractivity contribution in [2.45, 2.75) is 5.75 Å². The average molecular weight is 407 g/mol. The lowest BCUT2D eigenvalue weighted by Gasteiger charge is -2.04. The van der Waals surface area contributed by atoms with E-state index < -0.39 is 9.84 Å². The normalized spacial score (nSPS) is 11.3. The van der Waals surface area contributed by atoms with Gasteiger partial charge in [-0.1, -0.05) is 35.9 Å². The fraction of sp³-hybridized carbons (Fsp3) is 0.111. The predicted octanol–water partition coefficient (Wildman–Crippen LogP) is 4.26. The highest BCUT2D eigenvalue weighted by Crippen LogP contribution is 2.26. The summed E-state index contributed by atoms with van der Waals surface area (Å²) in [5.41, 5.74) is 2.75. The molecule has 0 atom stereocenters. The summed E-state index contributed by atoms with van der Waals surface area (Å²) in [7, 11) is -3.10. The van der Waals surface area contributed by atoms with Gasteiger partial charge in [0.15, 0.2) is 15.0 Å². The summed E-state index contributed by atoms with van der Waals surface area (Å²) in [5.74, 6) is -0.348. The van der Waals surface area contributed by atoms with Crippen LogP contribution in [0, 0.1) is 0 Å². The van der Waals surface area contributed by atoms with E-state index in [-0.39, 0.29) is 11.7 Å². The van der Waals surface area contributed by atoms with Crippen molar-refractivity contribution in [3.05, 3.63) is 70.1 Å². The van der Waals surface area contributed by atoms with Crippen LogP contribution >= 0.6 is 22.9 Å². The van der Waals surface area contributed by atoms with Gasteiger partial charge in [0.05, 0.1) is 11.4 Å². The van der Waals surface area contributed by atoms with Gasteiger partial charge in [0, 0.05) is 27.8 Å². The largest absolute Gasteiger partial charge is 0.298 e. The number of nitrogens with one attached hydrogen (secondary N) is 1. The molecule has 26 heavy (non-hydrogen) atoms. The van der Waals surface area contributed by atoms with Gasteiger partial charge in [0.25, 0.3) is 5.91 Å². The molecular weight excluding hydrogens is 392 g/mol. The van der Waals surface area contributed by atoms with Crippen molar-refractivity contribution >= 4 is 43.8 Å². The van der Waals surface area contributed by atoms with Crippen LogP contribution in [-0.4, -0.2) is 25.6 Å². The first-order valence-corrected chi connectivity index (χ1v) is 10.9. The Bertz CT molecular complexity index is 1030. The zero-order valence-electron chi connectivity index (χ0n) is 13.8.